The number of halogens is 1. The largest absolute Gasteiger partial charge is 0.504 e. The van der Waals surface area contributed by atoms with Crippen molar-refractivity contribution in [2.24, 2.45) is 0 Å². The molecule has 1 saturated heterocycles. The van der Waals surface area contributed by atoms with Crippen molar-refractivity contribution in [2.75, 3.05) is 45.3 Å². The number of anilines is 1. The van der Waals surface area contributed by atoms with E-state index >= 15 is 0 Å². The number of rotatable bonds is 5. The summed E-state index contributed by atoms with van der Waals surface area (Å²) in [5.74, 6) is 1.39. The molecule has 29 heavy (non-hydrogen) atoms. The molecule has 1 unspecified atom stereocenters. The van der Waals surface area contributed by atoms with Gasteiger partial charge in [-0.2, -0.15) is 0 Å². The molecule has 1 heterocycles. The van der Waals surface area contributed by atoms with Crippen LogP contribution < -0.4 is 14.4 Å². The minimum Gasteiger partial charge on any atom is -0.504 e. The standard InChI is InChI=1S/C20H25ClN2O3.C3H8/c1-14(15-4-7-18(24)20(12-15)26-3)22-8-10-23(11-9-22)16-5-6-17(21)19(13-16)25-2;1-3-2/h4-7,12-14,24H,8-11H2,1-3H3;3H2,1-2H3. The number of phenols is 1. The molecule has 160 valence electrons. The van der Waals surface area contributed by atoms with Gasteiger partial charge in [0.05, 0.1) is 19.2 Å². The zero-order valence-corrected chi connectivity index (χ0v) is 18.9. The average Bonchev–Trinajstić information content (AvgIpc) is 2.74. The first-order valence-electron chi connectivity index (χ1n) is 10.1. The Morgan fingerprint density at radius 1 is 0.966 bits per heavy atom. The molecule has 1 fully saturated rings. The van der Waals surface area contributed by atoms with E-state index in [1.807, 2.05) is 30.3 Å². The Bertz CT molecular complexity index is 777. The molecule has 0 radical (unpaired) electrons. The first kappa shape index (κ1) is 23.2. The minimum atomic E-state index is 0.171. The highest BCUT2D eigenvalue weighted by Crippen LogP contribution is 2.33. The van der Waals surface area contributed by atoms with Crippen LogP contribution >= 0.6 is 11.6 Å². The van der Waals surface area contributed by atoms with Crippen LogP contribution in [0, 0.1) is 0 Å². The fourth-order valence-corrected chi connectivity index (χ4v) is 3.57. The van der Waals surface area contributed by atoms with Gasteiger partial charge in [-0.05, 0) is 36.8 Å². The van der Waals surface area contributed by atoms with Gasteiger partial charge in [-0.1, -0.05) is 37.9 Å². The van der Waals surface area contributed by atoms with E-state index in [9.17, 15) is 5.11 Å². The molecule has 1 N–H and O–H groups in total. The molecule has 0 aromatic heterocycles. The summed E-state index contributed by atoms with van der Waals surface area (Å²) in [6.07, 6.45) is 1.25. The van der Waals surface area contributed by atoms with E-state index in [1.54, 1.807) is 20.3 Å². The maximum atomic E-state index is 9.79. The summed E-state index contributed by atoms with van der Waals surface area (Å²) in [6.45, 7) is 10.2. The Balaban J connectivity index is 0.000000941. The summed E-state index contributed by atoms with van der Waals surface area (Å²) < 4.78 is 10.6. The van der Waals surface area contributed by atoms with Crippen molar-refractivity contribution in [1.82, 2.24) is 4.90 Å². The van der Waals surface area contributed by atoms with E-state index < -0.39 is 0 Å². The number of phenolic OH excluding ortho intramolecular Hbond substituents is 1. The van der Waals surface area contributed by atoms with Gasteiger partial charge in [0.15, 0.2) is 11.5 Å². The maximum Gasteiger partial charge on any atom is 0.160 e. The molecule has 0 amide bonds. The Kier molecular flexibility index (Phi) is 8.93. The van der Waals surface area contributed by atoms with Crippen molar-refractivity contribution < 1.29 is 14.6 Å². The van der Waals surface area contributed by atoms with Gasteiger partial charge < -0.3 is 19.5 Å². The molecule has 0 saturated carbocycles. The lowest BCUT2D eigenvalue weighted by atomic mass is 10.0. The first-order valence-corrected chi connectivity index (χ1v) is 10.5. The van der Waals surface area contributed by atoms with Gasteiger partial charge >= 0.3 is 0 Å². The second-order valence-corrected chi connectivity index (χ2v) is 7.56. The topological polar surface area (TPSA) is 45.2 Å². The predicted molar refractivity (Wildman–Crippen MR) is 121 cm³/mol. The molecular formula is C23H33ClN2O3. The van der Waals surface area contributed by atoms with Crippen molar-refractivity contribution in [3.63, 3.8) is 0 Å². The van der Waals surface area contributed by atoms with E-state index in [1.165, 1.54) is 6.42 Å². The van der Waals surface area contributed by atoms with Gasteiger partial charge in [0.1, 0.15) is 5.75 Å². The number of benzene rings is 2. The third-order valence-corrected chi connectivity index (χ3v) is 5.36. The van der Waals surface area contributed by atoms with Crippen molar-refractivity contribution in [1.29, 1.82) is 0 Å². The number of hydrogen-bond donors (Lipinski definition) is 1. The Morgan fingerprint density at radius 2 is 1.59 bits per heavy atom. The van der Waals surface area contributed by atoms with E-state index in [0.29, 0.717) is 16.5 Å². The quantitative estimate of drug-likeness (QED) is 0.705. The van der Waals surface area contributed by atoms with Gasteiger partial charge in [0.25, 0.3) is 0 Å². The van der Waals surface area contributed by atoms with Crippen LogP contribution in [-0.2, 0) is 0 Å². The lowest BCUT2D eigenvalue weighted by molar-refractivity contribution is 0.198. The Morgan fingerprint density at radius 3 is 2.17 bits per heavy atom. The second kappa shape index (κ2) is 11.2. The summed E-state index contributed by atoms with van der Waals surface area (Å²) in [7, 11) is 3.21. The number of ether oxygens (including phenoxy) is 2. The van der Waals surface area contributed by atoms with Gasteiger partial charge in [0.2, 0.25) is 0 Å². The average molecular weight is 421 g/mol. The lowest BCUT2D eigenvalue weighted by Crippen LogP contribution is -2.47. The van der Waals surface area contributed by atoms with E-state index in [0.717, 1.165) is 37.4 Å². The SMILES string of the molecule is CCC.COc1cc(C(C)N2CCN(c3ccc(Cl)c(OC)c3)CC2)ccc1O. The summed E-state index contributed by atoms with van der Waals surface area (Å²) in [5.41, 5.74) is 2.27. The van der Waals surface area contributed by atoms with Crippen molar-refractivity contribution in [2.45, 2.75) is 33.2 Å². The molecule has 2 aromatic rings. The van der Waals surface area contributed by atoms with Gasteiger partial charge in [-0.15, -0.1) is 0 Å². The normalized spacial score (nSPS) is 15.3. The summed E-state index contributed by atoms with van der Waals surface area (Å²) in [4.78, 5) is 4.79. The van der Waals surface area contributed by atoms with Gasteiger partial charge in [0, 0.05) is 44.0 Å². The van der Waals surface area contributed by atoms with E-state index in [4.69, 9.17) is 21.1 Å². The highest BCUT2D eigenvalue weighted by molar-refractivity contribution is 6.32. The number of hydrogen-bond acceptors (Lipinski definition) is 5. The number of aromatic hydroxyl groups is 1. The molecule has 2 aromatic carbocycles. The lowest BCUT2D eigenvalue weighted by Gasteiger charge is -2.39. The Labute approximate surface area is 179 Å². The molecule has 0 aliphatic carbocycles. The molecule has 0 spiro atoms. The van der Waals surface area contributed by atoms with Gasteiger partial charge in [-0.3, -0.25) is 4.90 Å². The van der Waals surface area contributed by atoms with Crippen molar-refractivity contribution in [3.8, 4) is 17.2 Å². The summed E-state index contributed by atoms with van der Waals surface area (Å²) in [6, 6.07) is 11.7. The van der Waals surface area contributed by atoms with E-state index in [2.05, 4.69) is 30.6 Å². The molecule has 1 atom stereocenters. The van der Waals surface area contributed by atoms with Crippen LogP contribution in [0.15, 0.2) is 36.4 Å². The number of methoxy groups -OCH3 is 2. The molecular weight excluding hydrogens is 388 g/mol. The van der Waals surface area contributed by atoms with Crippen LogP contribution in [0.3, 0.4) is 0 Å². The highest BCUT2D eigenvalue weighted by Gasteiger charge is 2.23. The van der Waals surface area contributed by atoms with Crippen LogP contribution in [-0.4, -0.2) is 50.4 Å². The third kappa shape index (κ3) is 5.94. The summed E-state index contributed by atoms with van der Waals surface area (Å²) in [5, 5.41) is 10.4. The zero-order valence-electron chi connectivity index (χ0n) is 18.1. The van der Waals surface area contributed by atoms with Crippen LogP contribution in [0.25, 0.3) is 0 Å². The third-order valence-electron chi connectivity index (χ3n) is 5.05. The Hall–Kier alpha value is -2.11. The molecule has 0 bridgehead atoms. The van der Waals surface area contributed by atoms with Gasteiger partial charge in [-0.25, -0.2) is 0 Å². The van der Waals surface area contributed by atoms with Crippen molar-refractivity contribution in [3.05, 3.63) is 47.0 Å². The predicted octanol–water partition coefficient (Wildman–Crippen LogP) is 5.36. The monoisotopic (exact) mass is 420 g/mol. The smallest absolute Gasteiger partial charge is 0.160 e. The molecule has 1 aliphatic rings. The van der Waals surface area contributed by atoms with Crippen LogP contribution in [0.5, 0.6) is 17.2 Å². The van der Waals surface area contributed by atoms with Crippen molar-refractivity contribution >= 4 is 17.3 Å². The first-order chi connectivity index (χ1) is 13.9. The molecule has 5 nitrogen and oxygen atoms in total. The van der Waals surface area contributed by atoms with Crippen LogP contribution in [0.2, 0.25) is 5.02 Å². The number of piperazine rings is 1. The zero-order chi connectivity index (χ0) is 21.4. The second-order valence-electron chi connectivity index (χ2n) is 7.16. The molecule has 6 heteroatoms. The van der Waals surface area contributed by atoms with E-state index in [-0.39, 0.29) is 11.8 Å². The fourth-order valence-electron chi connectivity index (χ4n) is 3.38. The molecule has 3 rings (SSSR count). The van der Waals surface area contributed by atoms with Crippen LogP contribution in [0.1, 0.15) is 38.8 Å². The summed E-state index contributed by atoms with van der Waals surface area (Å²) >= 11 is 6.12. The van der Waals surface area contributed by atoms with Crippen LogP contribution in [0.4, 0.5) is 5.69 Å². The number of nitrogens with zero attached hydrogens (tertiary/aromatic N) is 2. The minimum absolute atomic E-state index is 0.171. The highest BCUT2D eigenvalue weighted by atomic mass is 35.5. The maximum absolute atomic E-state index is 9.79. The fraction of sp³-hybridized carbons (Fsp3) is 0.478. The molecule has 1 aliphatic heterocycles.